The van der Waals surface area contributed by atoms with Crippen LogP contribution in [0.4, 0.5) is 18.0 Å². The topological polar surface area (TPSA) is 60.5 Å². The molecule has 1 aromatic heterocycles. The predicted octanol–water partition coefficient (Wildman–Crippen LogP) is 5.39. The van der Waals surface area contributed by atoms with E-state index in [1.54, 1.807) is 0 Å². The number of nitrogens with zero attached hydrogens (tertiary/aromatic N) is 1. The van der Waals surface area contributed by atoms with Gasteiger partial charge in [-0.15, -0.1) is 0 Å². The van der Waals surface area contributed by atoms with Gasteiger partial charge < -0.3 is 14.8 Å². The smallest absolute Gasteiger partial charge is 0.421 e. The van der Waals surface area contributed by atoms with Gasteiger partial charge in [-0.1, -0.05) is 60.4 Å². The molecule has 0 saturated heterocycles. The average molecular weight is 466 g/mol. The molecule has 0 bridgehead atoms. The Morgan fingerprint density at radius 1 is 1.09 bits per heavy atom. The highest BCUT2D eigenvalue weighted by Gasteiger charge is 2.35. The number of rotatable bonds is 5. The van der Waals surface area contributed by atoms with Crippen molar-refractivity contribution in [2.24, 2.45) is 0 Å². The minimum atomic E-state index is -4.60. The van der Waals surface area contributed by atoms with Crippen LogP contribution in [-0.2, 0) is 10.9 Å². The van der Waals surface area contributed by atoms with Crippen molar-refractivity contribution >= 4 is 6.09 Å². The van der Waals surface area contributed by atoms with E-state index in [9.17, 15) is 18.0 Å². The summed E-state index contributed by atoms with van der Waals surface area (Å²) in [7, 11) is 1.12. The highest BCUT2D eigenvalue weighted by molar-refractivity contribution is 5.79. The molecule has 174 valence electrons. The van der Waals surface area contributed by atoms with Gasteiger partial charge in [0.05, 0.1) is 7.11 Å². The van der Waals surface area contributed by atoms with Gasteiger partial charge in [-0.2, -0.15) is 13.2 Å². The standard InChI is InChI=1S/C26H21F3N2O3/c1-33-24-23(26(27,28)29)14-17(15-31-24)8-6-7-13-30-25(32)34-16-22-20-11-4-2-9-18(20)19-10-3-5-12-21(19)22/h2-5,9-12,14-15,22H,7,13,16H2,1H3,(H,30,32). The molecular formula is C26H21F3N2O3. The van der Waals surface area contributed by atoms with Gasteiger partial charge in [-0.05, 0) is 28.3 Å². The van der Waals surface area contributed by atoms with Crippen molar-refractivity contribution in [2.45, 2.75) is 18.5 Å². The molecule has 8 heteroatoms. The van der Waals surface area contributed by atoms with Crippen molar-refractivity contribution in [2.75, 3.05) is 20.3 Å². The molecule has 1 aliphatic rings. The molecule has 2 aromatic carbocycles. The summed E-state index contributed by atoms with van der Waals surface area (Å²) in [5, 5.41) is 2.62. The fourth-order valence-corrected chi connectivity index (χ4v) is 3.93. The Morgan fingerprint density at radius 3 is 2.35 bits per heavy atom. The van der Waals surface area contributed by atoms with Gasteiger partial charge in [0.1, 0.15) is 12.2 Å². The van der Waals surface area contributed by atoms with E-state index >= 15 is 0 Å². The number of alkyl halides is 3. The first-order chi connectivity index (χ1) is 16.4. The van der Waals surface area contributed by atoms with Crippen molar-refractivity contribution in [3.05, 3.63) is 83.0 Å². The third-order valence-electron chi connectivity index (χ3n) is 5.45. The molecule has 0 spiro atoms. The number of aromatic nitrogens is 1. The van der Waals surface area contributed by atoms with E-state index in [1.165, 1.54) is 6.20 Å². The summed E-state index contributed by atoms with van der Waals surface area (Å²) in [6, 6.07) is 17.0. The van der Waals surface area contributed by atoms with Gasteiger partial charge in [0, 0.05) is 30.6 Å². The van der Waals surface area contributed by atoms with Crippen molar-refractivity contribution < 1.29 is 27.4 Å². The lowest BCUT2D eigenvalue weighted by atomic mass is 9.98. The van der Waals surface area contributed by atoms with E-state index in [0.29, 0.717) is 0 Å². The molecule has 0 unspecified atom stereocenters. The molecule has 0 radical (unpaired) electrons. The van der Waals surface area contributed by atoms with E-state index in [2.05, 4.69) is 39.0 Å². The normalized spacial score (nSPS) is 12.2. The lowest BCUT2D eigenvalue weighted by Crippen LogP contribution is -2.26. The number of carbonyl (C=O) groups is 1. The van der Waals surface area contributed by atoms with Crippen molar-refractivity contribution in [1.29, 1.82) is 0 Å². The minimum absolute atomic E-state index is 0.0386. The van der Waals surface area contributed by atoms with Crippen LogP contribution < -0.4 is 10.1 Å². The maximum atomic E-state index is 13.1. The van der Waals surface area contributed by atoms with E-state index < -0.39 is 23.7 Å². The summed E-state index contributed by atoms with van der Waals surface area (Å²) < 4.78 is 49.3. The molecule has 1 heterocycles. The number of amides is 1. The number of hydrogen-bond acceptors (Lipinski definition) is 4. The number of carbonyl (C=O) groups excluding carboxylic acids is 1. The van der Waals surface area contributed by atoms with Gasteiger partial charge in [-0.3, -0.25) is 0 Å². The van der Waals surface area contributed by atoms with Crippen LogP contribution in [0.25, 0.3) is 11.1 Å². The Morgan fingerprint density at radius 2 is 1.74 bits per heavy atom. The zero-order chi connectivity index (χ0) is 24.1. The minimum Gasteiger partial charge on any atom is -0.481 e. The second kappa shape index (κ2) is 9.87. The lowest BCUT2D eigenvalue weighted by molar-refractivity contribution is -0.139. The Balaban J connectivity index is 1.29. The van der Waals surface area contributed by atoms with Crippen molar-refractivity contribution in [1.82, 2.24) is 10.3 Å². The number of pyridine rings is 1. The first-order valence-electron chi connectivity index (χ1n) is 10.6. The number of methoxy groups -OCH3 is 1. The monoisotopic (exact) mass is 466 g/mol. The lowest BCUT2D eigenvalue weighted by Gasteiger charge is -2.14. The number of hydrogen-bond donors (Lipinski definition) is 1. The van der Waals surface area contributed by atoms with Crippen LogP contribution in [0.1, 0.15) is 34.6 Å². The molecule has 0 aliphatic heterocycles. The SMILES string of the molecule is COc1ncc(C#CCCNC(=O)OCC2c3ccccc3-c3ccccc32)cc1C(F)(F)F. The van der Waals surface area contributed by atoms with E-state index in [4.69, 9.17) is 4.74 Å². The Bertz CT molecular complexity index is 1220. The number of halogens is 3. The average Bonchev–Trinajstić information content (AvgIpc) is 3.15. The first-order valence-corrected chi connectivity index (χ1v) is 10.6. The summed E-state index contributed by atoms with van der Waals surface area (Å²) in [6.45, 7) is 0.392. The van der Waals surface area contributed by atoms with Crippen LogP contribution in [0.5, 0.6) is 5.88 Å². The zero-order valence-electron chi connectivity index (χ0n) is 18.3. The number of ether oxygens (including phenoxy) is 2. The molecule has 0 saturated carbocycles. The molecule has 1 amide bonds. The van der Waals surface area contributed by atoms with Gasteiger partial charge in [-0.25, -0.2) is 9.78 Å². The van der Waals surface area contributed by atoms with Crippen LogP contribution in [0, 0.1) is 11.8 Å². The molecule has 0 fully saturated rings. The Labute approximate surface area is 194 Å². The molecule has 34 heavy (non-hydrogen) atoms. The highest BCUT2D eigenvalue weighted by Crippen LogP contribution is 2.44. The van der Waals surface area contributed by atoms with Gasteiger partial charge in [0.2, 0.25) is 5.88 Å². The van der Waals surface area contributed by atoms with E-state index in [-0.39, 0.29) is 31.1 Å². The first kappa shape index (κ1) is 23.2. The summed E-state index contributed by atoms with van der Waals surface area (Å²) in [5.41, 5.74) is 3.64. The van der Waals surface area contributed by atoms with E-state index in [0.717, 1.165) is 35.4 Å². The van der Waals surface area contributed by atoms with Gasteiger partial charge in [0.15, 0.2) is 0 Å². The molecule has 3 aromatic rings. The summed E-state index contributed by atoms with van der Waals surface area (Å²) >= 11 is 0. The second-order valence-electron chi connectivity index (χ2n) is 7.58. The molecule has 5 nitrogen and oxygen atoms in total. The van der Waals surface area contributed by atoms with Crippen molar-refractivity contribution in [3.63, 3.8) is 0 Å². The van der Waals surface area contributed by atoms with E-state index in [1.807, 2.05) is 36.4 Å². The Hall–Kier alpha value is -3.99. The summed E-state index contributed by atoms with van der Waals surface area (Å²) in [6.07, 6.45) is -3.73. The number of fused-ring (bicyclic) bond motifs is 3. The van der Waals surface area contributed by atoms with Gasteiger partial charge >= 0.3 is 12.3 Å². The quantitative estimate of drug-likeness (QED) is 0.405. The third-order valence-corrected chi connectivity index (χ3v) is 5.45. The molecule has 1 aliphatic carbocycles. The van der Waals surface area contributed by atoms with Crippen LogP contribution in [0.2, 0.25) is 0 Å². The summed E-state index contributed by atoms with van der Waals surface area (Å²) in [4.78, 5) is 15.8. The highest BCUT2D eigenvalue weighted by atomic mass is 19.4. The van der Waals surface area contributed by atoms with Crippen molar-refractivity contribution in [3.8, 4) is 28.8 Å². The predicted molar refractivity (Wildman–Crippen MR) is 120 cm³/mol. The molecule has 0 atom stereocenters. The number of alkyl carbamates (subject to hydrolysis) is 1. The zero-order valence-corrected chi connectivity index (χ0v) is 18.3. The van der Waals surface area contributed by atoms with Gasteiger partial charge in [0.25, 0.3) is 0 Å². The number of nitrogens with one attached hydrogen (secondary N) is 1. The van der Waals surface area contributed by atoms with Crippen LogP contribution in [0.3, 0.4) is 0 Å². The fourth-order valence-electron chi connectivity index (χ4n) is 3.93. The summed E-state index contributed by atoms with van der Waals surface area (Å²) in [5.74, 6) is 4.81. The van der Waals surface area contributed by atoms with Crippen LogP contribution in [-0.4, -0.2) is 31.3 Å². The fraction of sp³-hybridized carbons (Fsp3) is 0.231. The molecule has 1 N–H and O–H groups in total. The number of benzene rings is 2. The largest absolute Gasteiger partial charge is 0.481 e. The molecular weight excluding hydrogens is 445 g/mol. The third kappa shape index (κ3) is 4.99. The maximum absolute atomic E-state index is 13.1. The molecule has 4 rings (SSSR count). The van der Waals surface area contributed by atoms with Crippen LogP contribution >= 0.6 is 0 Å². The maximum Gasteiger partial charge on any atom is 0.421 e. The van der Waals surface area contributed by atoms with Crippen LogP contribution in [0.15, 0.2) is 60.8 Å². The Kier molecular flexibility index (Phi) is 6.73. The second-order valence-corrected chi connectivity index (χ2v) is 7.58.